The third-order valence-electron chi connectivity index (χ3n) is 3.78. The van der Waals surface area contributed by atoms with Gasteiger partial charge in [-0.2, -0.15) is 0 Å². The predicted molar refractivity (Wildman–Crippen MR) is 80.9 cm³/mol. The SMILES string of the molecule is C[C@@H]1CCC[C@H](C)N1C(=O)COC(=O)c1ccc([N+](=O)[O-])s1. The highest BCUT2D eigenvalue weighted by molar-refractivity contribution is 7.17. The van der Waals surface area contributed by atoms with Crippen molar-refractivity contribution < 1.29 is 19.2 Å². The van der Waals surface area contributed by atoms with Gasteiger partial charge in [0, 0.05) is 18.2 Å². The lowest BCUT2D eigenvalue weighted by Crippen LogP contribution is -2.49. The van der Waals surface area contributed by atoms with Crippen LogP contribution in [0.4, 0.5) is 5.00 Å². The van der Waals surface area contributed by atoms with Gasteiger partial charge in [-0.15, -0.1) is 0 Å². The second-order valence-corrected chi connectivity index (χ2v) is 6.46. The molecule has 1 amide bonds. The minimum atomic E-state index is -0.705. The molecule has 2 heterocycles. The number of thiophene rings is 1. The Balaban J connectivity index is 1.92. The molecule has 0 aromatic carbocycles. The highest BCUT2D eigenvalue weighted by atomic mass is 32.1. The number of ether oxygens (including phenoxy) is 1. The van der Waals surface area contributed by atoms with Crippen LogP contribution in [0.2, 0.25) is 0 Å². The second kappa shape index (κ2) is 6.87. The number of esters is 1. The van der Waals surface area contributed by atoms with Crippen molar-refractivity contribution in [3.63, 3.8) is 0 Å². The lowest BCUT2D eigenvalue weighted by molar-refractivity contribution is -0.380. The van der Waals surface area contributed by atoms with Gasteiger partial charge in [0.15, 0.2) is 6.61 Å². The van der Waals surface area contributed by atoms with Crippen molar-refractivity contribution >= 4 is 28.2 Å². The number of carbonyl (C=O) groups excluding carboxylic acids is 2. The molecule has 0 unspecified atom stereocenters. The maximum atomic E-state index is 12.2. The molecular formula is C14H18N2O5S. The zero-order chi connectivity index (χ0) is 16.3. The van der Waals surface area contributed by atoms with E-state index in [-0.39, 0.29) is 34.5 Å². The van der Waals surface area contributed by atoms with Gasteiger partial charge in [0.05, 0.1) is 4.92 Å². The molecule has 0 aliphatic carbocycles. The molecule has 1 aliphatic rings. The van der Waals surface area contributed by atoms with E-state index >= 15 is 0 Å². The number of rotatable bonds is 4. The minimum absolute atomic E-state index is 0.124. The molecule has 8 heteroatoms. The van der Waals surface area contributed by atoms with Crippen LogP contribution in [0.15, 0.2) is 12.1 Å². The van der Waals surface area contributed by atoms with E-state index in [4.69, 9.17) is 4.74 Å². The first kappa shape index (κ1) is 16.4. The van der Waals surface area contributed by atoms with Gasteiger partial charge in [0.1, 0.15) is 4.88 Å². The van der Waals surface area contributed by atoms with E-state index in [1.165, 1.54) is 12.1 Å². The van der Waals surface area contributed by atoms with Crippen LogP contribution in [0.5, 0.6) is 0 Å². The van der Waals surface area contributed by atoms with Gasteiger partial charge in [-0.05, 0) is 39.2 Å². The van der Waals surface area contributed by atoms with Crippen molar-refractivity contribution in [2.24, 2.45) is 0 Å². The normalized spacial score (nSPS) is 21.5. The zero-order valence-corrected chi connectivity index (χ0v) is 13.3. The monoisotopic (exact) mass is 326 g/mol. The van der Waals surface area contributed by atoms with Gasteiger partial charge in [-0.25, -0.2) is 4.79 Å². The molecule has 7 nitrogen and oxygen atoms in total. The number of carbonyl (C=O) groups is 2. The first-order valence-electron chi connectivity index (χ1n) is 7.12. The highest BCUT2D eigenvalue weighted by Crippen LogP contribution is 2.25. The maximum absolute atomic E-state index is 12.2. The first-order valence-corrected chi connectivity index (χ1v) is 7.94. The largest absolute Gasteiger partial charge is 0.451 e. The molecule has 1 fully saturated rings. The van der Waals surface area contributed by atoms with Gasteiger partial charge < -0.3 is 9.64 Å². The summed E-state index contributed by atoms with van der Waals surface area (Å²) in [7, 11) is 0. The molecule has 0 bridgehead atoms. The fourth-order valence-corrected chi connectivity index (χ4v) is 3.44. The predicted octanol–water partition coefficient (Wildman–Crippen LogP) is 2.60. The van der Waals surface area contributed by atoms with Crippen LogP contribution in [0.25, 0.3) is 0 Å². The lowest BCUT2D eigenvalue weighted by atomic mass is 9.97. The maximum Gasteiger partial charge on any atom is 0.349 e. The molecule has 1 aromatic rings. The Morgan fingerprint density at radius 3 is 2.55 bits per heavy atom. The van der Waals surface area contributed by atoms with Crippen LogP contribution in [0, 0.1) is 10.1 Å². The van der Waals surface area contributed by atoms with E-state index in [0.29, 0.717) is 0 Å². The Bertz CT molecular complexity index is 576. The van der Waals surface area contributed by atoms with Crippen LogP contribution >= 0.6 is 11.3 Å². The zero-order valence-electron chi connectivity index (χ0n) is 12.5. The molecule has 1 aliphatic heterocycles. The smallest absolute Gasteiger partial charge is 0.349 e. The summed E-state index contributed by atoms with van der Waals surface area (Å²) in [5, 5.41) is 10.5. The fraction of sp³-hybridized carbons (Fsp3) is 0.571. The van der Waals surface area contributed by atoms with E-state index in [9.17, 15) is 19.7 Å². The summed E-state index contributed by atoms with van der Waals surface area (Å²) in [5.41, 5.74) is 0. The number of hydrogen-bond donors (Lipinski definition) is 0. The van der Waals surface area contributed by atoms with Crippen molar-refractivity contribution in [2.45, 2.75) is 45.2 Å². The summed E-state index contributed by atoms with van der Waals surface area (Å²) in [6.45, 7) is 3.63. The Morgan fingerprint density at radius 2 is 2.00 bits per heavy atom. The minimum Gasteiger partial charge on any atom is -0.451 e. The quantitative estimate of drug-likeness (QED) is 0.482. The van der Waals surface area contributed by atoms with Crippen molar-refractivity contribution in [2.75, 3.05) is 6.61 Å². The molecule has 120 valence electrons. The number of likely N-dealkylation sites (tertiary alicyclic amines) is 1. The van der Waals surface area contributed by atoms with Gasteiger partial charge >= 0.3 is 11.0 Å². The molecule has 0 saturated carbocycles. The Kier molecular flexibility index (Phi) is 5.12. The average molecular weight is 326 g/mol. The van der Waals surface area contributed by atoms with Crippen LogP contribution in [-0.2, 0) is 9.53 Å². The van der Waals surface area contributed by atoms with Crippen molar-refractivity contribution in [3.8, 4) is 0 Å². The van der Waals surface area contributed by atoms with Crippen LogP contribution < -0.4 is 0 Å². The lowest BCUT2D eigenvalue weighted by Gasteiger charge is -2.38. The number of hydrogen-bond acceptors (Lipinski definition) is 6. The van der Waals surface area contributed by atoms with E-state index < -0.39 is 10.9 Å². The highest BCUT2D eigenvalue weighted by Gasteiger charge is 2.29. The second-order valence-electron chi connectivity index (χ2n) is 5.40. The Hall–Kier alpha value is -1.96. The fourth-order valence-electron chi connectivity index (χ4n) is 2.72. The summed E-state index contributed by atoms with van der Waals surface area (Å²) in [6.07, 6.45) is 2.98. The van der Waals surface area contributed by atoms with E-state index in [1.807, 2.05) is 13.8 Å². The first-order chi connectivity index (χ1) is 10.4. The van der Waals surface area contributed by atoms with Crippen molar-refractivity contribution in [1.29, 1.82) is 0 Å². The topological polar surface area (TPSA) is 89.8 Å². The summed E-state index contributed by atoms with van der Waals surface area (Å²) in [5.74, 6) is -0.928. The third kappa shape index (κ3) is 3.62. The summed E-state index contributed by atoms with van der Waals surface area (Å²) in [6, 6.07) is 2.86. The Morgan fingerprint density at radius 1 is 1.36 bits per heavy atom. The van der Waals surface area contributed by atoms with E-state index in [1.54, 1.807) is 4.90 Å². The third-order valence-corrected chi connectivity index (χ3v) is 4.80. The van der Waals surface area contributed by atoms with Crippen LogP contribution in [-0.4, -0.2) is 40.4 Å². The molecule has 0 radical (unpaired) electrons. The summed E-state index contributed by atoms with van der Waals surface area (Å²) < 4.78 is 4.99. The molecule has 1 aromatic heterocycles. The number of nitro groups is 1. The van der Waals surface area contributed by atoms with E-state index in [0.717, 1.165) is 30.6 Å². The van der Waals surface area contributed by atoms with E-state index in [2.05, 4.69) is 0 Å². The van der Waals surface area contributed by atoms with Gasteiger partial charge in [-0.3, -0.25) is 14.9 Å². The molecule has 0 spiro atoms. The molecular weight excluding hydrogens is 308 g/mol. The number of piperidine rings is 1. The van der Waals surface area contributed by atoms with Crippen molar-refractivity contribution in [1.82, 2.24) is 4.90 Å². The van der Waals surface area contributed by atoms with Gasteiger partial charge in [0.25, 0.3) is 5.91 Å². The molecule has 22 heavy (non-hydrogen) atoms. The van der Waals surface area contributed by atoms with Crippen molar-refractivity contribution in [3.05, 3.63) is 27.1 Å². The Labute approximate surface area is 132 Å². The average Bonchev–Trinajstić information content (AvgIpc) is 2.94. The molecule has 1 saturated heterocycles. The van der Waals surface area contributed by atoms with Crippen LogP contribution in [0.1, 0.15) is 42.8 Å². The standard InChI is InChI=1S/C14H18N2O5S/c1-9-4-3-5-10(2)15(9)12(17)8-21-14(18)11-6-7-13(22-11)16(19)20/h6-7,9-10H,3-5,8H2,1-2H3/t9-,10+. The number of amides is 1. The van der Waals surface area contributed by atoms with Gasteiger partial charge in [-0.1, -0.05) is 11.3 Å². The van der Waals surface area contributed by atoms with Gasteiger partial charge in [0.2, 0.25) is 0 Å². The molecule has 2 atom stereocenters. The number of nitrogens with zero attached hydrogens (tertiary/aromatic N) is 2. The molecule has 0 N–H and O–H groups in total. The van der Waals surface area contributed by atoms with Crippen LogP contribution in [0.3, 0.4) is 0 Å². The summed E-state index contributed by atoms with van der Waals surface area (Å²) >= 11 is 0.739. The summed E-state index contributed by atoms with van der Waals surface area (Å²) in [4.78, 5) is 35.9. The molecule has 2 rings (SSSR count).